The van der Waals surface area contributed by atoms with Gasteiger partial charge >= 0.3 is 0 Å². The standard InChI is InChI=1S/C16H16N4O3S2/c1-10(2)14(21)17-15-18-19-16(24-15)25(22,23)20-13-9-5-7-11-6-3-4-8-12(11)13/h3-10,20H,1-2H3,(H,17,18,21). The molecule has 7 nitrogen and oxygen atoms in total. The second-order valence-electron chi connectivity index (χ2n) is 5.65. The molecule has 3 aromatic rings. The summed E-state index contributed by atoms with van der Waals surface area (Å²) in [4.78, 5) is 11.7. The number of aromatic nitrogens is 2. The van der Waals surface area contributed by atoms with Gasteiger partial charge in [0.15, 0.2) is 0 Å². The zero-order valence-electron chi connectivity index (χ0n) is 13.6. The first-order valence-corrected chi connectivity index (χ1v) is 9.82. The fourth-order valence-electron chi connectivity index (χ4n) is 2.12. The van der Waals surface area contributed by atoms with Crippen LogP contribution in [0.3, 0.4) is 0 Å². The van der Waals surface area contributed by atoms with Crippen LogP contribution >= 0.6 is 11.3 Å². The Morgan fingerprint density at radius 2 is 1.80 bits per heavy atom. The Bertz CT molecular complexity index is 1020. The lowest BCUT2D eigenvalue weighted by Crippen LogP contribution is -2.17. The molecule has 0 fully saturated rings. The smallest absolute Gasteiger partial charge is 0.291 e. The minimum atomic E-state index is -3.90. The monoisotopic (exact) mass is 376 g/mol. The van der Waals surface area contributed by atoms with E-state index < -0.39 is 10.0 Å². The number of carbonyl (C=O) groups is 1. The zero-order valence-corrected chi connectivity index (χ0v) is 15.2. The van der Waals surface area contributed by atoms with Crippen LogP contribution in [0.25, 0.3) is 10.8 Å². The van der Waals surface area contributed by atoms with E-state index in [0.29, 0.717) is 5.69 Å². The Morgan fingerprint density at radius 3 is 2.56 bits per heavy atom. The van der Waals surface area contributed by atoms with E-state index in [4.69, 9.17) is 0 Å². The van der Waals surface area contributed by atoms with Crippen molar-refractivity contribution in [3.8, 4) is 0 Å². The van der Waals surface area contributed by atoms with Crippen LogP contribution in [0.15, 0.2) is 46.8 Å². The van der Waals surface area contributed by atoms with Crippen molar-refractivity contribution in [2.75, 3.05) is 10.0 Å². The number of nitrogens with one attached hydrogen (secondary N) is 2. The van der Waals surface area contributed by atoms with Crippen LogP contribution in [0.4, 0.5) is 10.8 Å². The summed E-state index contributed by atoms with van der Waals surface area (Å²) in [6, 6.07) is 12.8. The van der Waals surface area contributed by atoms with Crippen LogP contribution in [-0.2, 0) is 14.8 Å². The third-order valence-corrected chi connectivity index (χ3v) is 6.00. The van der Waals surface area contributed by atoms with Crippen molar-refractivity contribution in [2.24, 2.45) is 5.92 Å². The number of hydrogen-bond acceptors (Lipinski definition) is 6. The van der Waals surface area contributed by atoms with Gasteiger partial charge in [-0.05, 0) is 11.5 Å². The first-order valence-electron chi connectivity index (χ1n) is 7.52. The molecule has 1 amide bonds. The molecule has 1 heterocycles. The molecule has 0 atom stereocenters. The van der Waals surface area contributed by atoms with Crippen molar-refractivity contribution in [3.05, 3.63) is 42.5 Å². The van der Waals surface area contributed by atoms with Crippen LogP contribution < -0.4 is 10.0 Å². The van der Waals surface area contributed by atoms with Gasteiger partial charge in [0.05, 0.1) is 5.69 Å². The molecule has 2 N–H and O–H groups in total. The van der Waals surface area contributed by atoms with E-state index in [1.54, 1.807) is 26.0 Å². The summed E-state index contributed by atoms with van der Waals surface area (Å²) in [6.45, 7) is 3.46. The van der Waals surface area contributed by atoms with Gasteiger partial charge in [0.1, 0.15) is 0 Å². The SMILES string of the molecule is CC(C)C(=O)Nc1nnc(S(=O)(=O)Nc2cccc3ccccc23)s1. The summed E-state index contributed by atoms with van der Waals surface area (Å²) in [6.07, 6.45) is 0. The number of nitrogens with zero attached hydrogens (tertiary/aromatic N) is 2. The fourth-order valence-corrected chi connectivity index (χ4v) is 4.11. The van der Waals surface area contributed by atoms with Gasteiger partial charge < -0.3 is 5.32 Å². The first-order chi connectivity index (χ1) is 11.9. The van der Waals surface area contributed by atoms with E-state index in [2.05, 4.69) is 20.2 Å². The quantitative estimate of drug-likeness (QED) is 0.667. The summed E-state index contributed by atoms with van der Waals surface area (Å²) < 4.78 is 27.5. The van der Waals surface area contributed by atoms with Crippen molar-refractivity contribution in [3.63, 3.8) is 0 Å². The molecule has 0 aliphatic rings. The highest BCUT2D eigenvalue weighted by atomic mass is 32.2. The summed E-state index contributed by atoms with van der Waals surface area (Å²) in [5.74, 6) is -0.486. The number of amides is 1. The Hall–Kier alpha value is -2.52. The zero-order chi connectivity index (χ0) is 18.0. The number of benzene rings is 2. The average Bonchev–Trinajstić information content (AvgIpc) is 3.04. The second kappa shape index (κ2) is 6.77. The number of rotatable bonds is 5. The molecule has 2 aromatic carbocycles. The molecule has 0 radical (unpaired) electrons. The molecule has 0 unspecified atom stereocenters. The molecule has 130 valence electrons. The largest absolute Gasteiger partial charge is 0.300 e. The van der Waals surface area contributed by atoms with Crippen molar-refractivity contribution in [1.82, 2.24) is 10.2 Å². The molecule has 0 saturated carbocycles. The van der Waals surface area contributed by atoms with E-state index in [0.717, 1.165) is 22.1 Å². The fraction of sp³-hybridized carbons (Fsp3) is 0.188. The maximum Gasteiger partial charge on any atom is 0.291 e. The normalized spacial score (nSPS) is 11.6. The number of carbonyl (C=O) groups excluding carboxylic acids is 1. The maximum atomic E-state index is 12.6. The van der Waals surface area contributed by atoms with Crippen molar-refractivity contribution >= 4 is 48.9 Å². The molecule has 0 spiro atoms. The Kier molecular flexibility index (Phi) is 4.69. The molecule has 0 saturated heterocycles. The van der Waals surface area contributed by atoms with E-state index >= 15 is 0 Å². The van der Waals surface area contributed by atoms with Gasteiger partial charge in [-0.2, -0.15) is 8.42 Å². The lowest BCUT2D eigenvalue weighted by molar-refractivity contribution is -0.118. The topological polar surface area (TPSA) is 101 Å². The highest BCUT2D eigenvalue weighted by Gasteiger charge is 2.22. The lowest BCUT2D eigenvalue weighted by Gasteiger charge is -2.08. The summed E-state index contributed by atoms with van der Waals surface area (Å²) in [5, 5.41) is 11.8. The number of sulfonamides is 1. The third-order valence-electron chi connectivity index (χ3n) is 3.42. The molecule has 25 heavy (non-hydrogen) atoms. The van der Waals surface area contributed by atoms with Crippen molar-refractivity contribution in [2.45, 2.75) is 18.2 Å². The van der Waals surface area contributed by atoms with E-state index in [-0.39, 0.29) is 21.3 Å². The Balaban J connectivity index is 1.87. The summed E-state index contributed by atoms with van der Waals surface area (Å²) in [5.41, 5.74) is 0.459. The molecule has 0 aliphatic heterocycles. The lowest BCUT2D eigenvalue weighted by atomic mass is 10.1. The highest BCUT2D eigenvalue weighted by molar-refractivity contribution is 7.94. The second-order valence-corrected chi connectivity index (χ2v) is 8.48. The third kappa shape index (κ3) is 3.77. The van der Waals surface area contributed by atoms with E-state index in [9.17, 15) is 13.2 Å². The van der Waals surface area contributed by atoms with Crippen LogP contribution in [0.1, 0.15) is 13.8 Å². The van der Waals surface area contributed by atoms with Crippen LogP contribution in [0, 0.1) is 5.92 Å². The molecular weight excluding hydrogens is 360 g/mol. The van der Waals surface area contributed by atoms with Crippen LogP contribution in [-0.4, -0.2) is 24.5 Å². The van der Waals surface area contributed by atoms with Gasteiger partial charge in [-0.1, -0.05) is 61.6 Å². The predicted molar refractivity (Wildman–Crippen MR) is 98.1 cm³/mol. The minimum absolute atomic E-state index is 0.150. The predicted octanol–water partition coefficient (Wildman–Crippen LogP) is 3.09. The van der Waals surface area contributed by atoms with E-state index in [1.807, 2.05) is 30.3 Å². The summed E-state index contributed by atoms with van der Waals surface area (Å²) >= 11 is 0.806. The van der Waals surface area contributed by atoms with Crippen LogP contribution in [0.5, 0.6) is 0 Å². The van der Waals surface area contributed by atoms with Gasteiger partial charge in [0, 0.05) is 11.3 Å². The molecular formula is C16H16N4O3S2. The van der Waals surface area contributed by atoms with Gasteiger partial charge in [0.25, 0.3) is 14.4 Å². The van der Waals surface area contributed by atoms with Crippen LogP contribution in [0.2, 0.25) is 0 Å². The Morgan fingerprint density at radius 1 is 1.08 bits per heavy atom. The van der Waals surface area contributed by atoms with Gasteiger partial charge in [0.2, 0.25) is 11.0 Å². The van der Waals surface area contributed by atoms with Gasteiger partial charge in [-0.3, -0.25) is 9.52 Å². The number of anilines is 2. The molecule has 0 aliphatic carbocycles. The first kappa shape index (κ1) is 17.3. The van der Waals surface area contributed by atoms with Gasteiger partial charge in [-0.25, -0.2) is 0 Å². The molecule has 3 rings (SSSR count). The number of fused-ring (bicyclic) bond motifs is 1. The van der Waals surface area contributed by atoms with Crippen molar-refractivity contribution < 1.29 is 13.2 Å². The molecule has 0 bridgehead atoms. The Labute approximate surface area is 149 Å². The number of hydrogen-bond donors (Lipinski definition) is 2. The highest BCUT2D eigenvalue weighted by Crippen LogP contribution is 2.27. The minimum Gasteiger partial charge on any atom is -0.300 e. The average molecular weight is 376 g/mol. The summed E-state index contributed by atoms with van der Waals surface area (Å²) in [7, 11) is -3.90. The van der Waals surface area contributed by atoms with Gasteiger partial charge in [-0.15, -0.1) is 10.2 Å². The molecule has 1 aromatic heterocycles. The molecule has 9 heteroatoms. The van der Waals surface area contributed by atoms with E-state index in [1.165, 1.54) is 0 Å². The maximum absolute atomic E-state index is 12.6. The van der Waals surface area contributed by atoms with Crippen molar-refractivity contribution in [1.29, 1.82) is 0 Å².